The summed E-state index contributed by atoms with van der Waals surface area (Å²) in [7, 11) is 0. The number of hydrogen-bond donors (Lipinski definition) is 0. The molecule has 110 valence electrons. The van der Waals surface area contributed by atoms with Gasteiger partial charge in [-0.2, -0.15) is 0 Å². The molecule has 21 heavy (non-hydrogen) atoms. The van der Waals surface area contributed by atoms with Gasteiger partial charge >= 0.3 is 0 Å². The van der Waals surface area contributed by atoms with E-state index in [1.165, 1.54) is 0 Å². The van der Waals surface area contributed by atoms with Crippen molar-refractivity contribution in [3.63, 3.8) is 0 Å². The molecule has 2 aromatic heterocycles. The minimum atomic E-state index is 0.183. The lowest BCUT2D eigenvalue weighted by Crippen LogP contribution is -2.39. The minimum absolute atomic E-state index is 0.183. The van der Waals surface area contributed by atoms with Crippen molar-refractivity contribution in [2.75, 3.05) is 18.0 Å². The highest BCUT2D eigenvalue weighted by Gasteiger charge is 2.22. The van der Waals surface area contributed by atoms with Crippen LogP contribution in [0.3, 0.4) is 0 Å². The molecule has 3 heterocycles. The average Bonchev–Trinajstić information content (AvgIpc) is 2.49. The first-order chi connectivity index (χ1) is 10.2. The second-order valence-electron chi connectivity index (χ2n) is 5.36. The van der Waals surface area contributed by atoms with Gasteiger partial charge in [-0.3, -0.25) is 4.98 Å². The Labute approximate surface area is 124 Å². The number of anilines is 1. The minimum Gasteiger partial charge on any atom is -0.473 e. The van der Waals surface area contributed by atoms with E-state index in [2.05, 4.69) is 24.8 Å². The Morgan fingerprint density at radius 3 is 2.43 bits per heavy atom. The molecule has 6 nitrogen and oxygen atoms in total. The van der Waals surface area contributed by atoms with Crippen molar-refractivity contribution >= 4 is 5.95 Å². The number of aryl methyl sites for hydroxylation is 2. The fraction of sp³-hybridized carbons (Fsp3) is 0.467. The number of hydrogen-bond acceptors (Lipinski definition) is 6. The Morgan fingerprint density at radius 2 is 1.76 bits per heavy atom. The molecule has 0 N–H and O–H groups in total. The Balaban J connectivity index is 1.56. The number of nitrogens with zero attached hydrogens (tertiary/aromatic N) is 5. The highest BCUT2D eigenvalue weighted by atomic mass is 16.5. The molecule has 1 aliphatic heterocycles. The molecule has 1 aliphatic rings. The molecule has 0 aliphatic carbocycles. The van der Waals surface area contributed by atoms with Gasteiger partial charge in [-0.1, -0.05) is 0 Å². The molecule has 6 heteroatoms. The third-order valence-electron chi connectivity index (χ3n) is 3.51. The van der Waals surface area contributed by atoms with E-state index in [0.717, 1.165) is 43.1 Å². The van der Waals surface area contributed by atoms with Gasteiger partial charge in [0.25, 0.3) is 0 Å². The van der Waals surface area contributed by atoms with Gasteiger partial charge in [0.15, 0.2) is 0 Å². The maximum Gasteiger partial charge on any atom is 0.232 e. The molecule has 1 fully saturated rings. The molecule has 2 aromatic rings. The van der Waals surface area contributed by atoms with E-state index < -0.39 is 0 Å². The van der Waals surface area contributed by atoms with Gasteiger partial charge in [0.2, 0.25) is 11.8 Å². The second-order valence-corrected chi connectivity index (χ2v) is 5.36. The average molecular weight is 285 g/mol. The molecule has 0 aromatic carbocycles. The van der Waals surface area contributed by atoms with Crippen LogP contribution in [-0.2, 0) is 0 Å². The Hall–Kier alpha value is -2.24. The molecular formula is C15H19N5O. The summed E-state index contributed by atoms with van der Waals surface area (Å²) in [5, 5.41) is 0. The zero-order valence-electron chi connectivity index (χ0n) is 12.4. The van der Waals surface area contributed by atoms with Crippen LogP contribution in [0.1, 0.15) is 24.1 Å². The molecule has 0 bridgehead atoms. The zero-order chi connectivity index (χ0) is 14.7. The Bertz CT molecular complexity index is 593. The van der Waals surface area contributed by atoms with Crippen LogP contribution in [-0.4, -0.2) is 39.1 Å². The van der Waals surface area contributed by atoms with Crippen LogP contribution in [0.25, 0.3) is 0 Å². The van der Waals surface area contributed by atoms with Gasteiger partial charge in [-0.25, -0.2) is 15.0 Å². The third-order valence-corrected chi connectivity index (χ3v) is 3.51. The number of piperidine rings is 1. The highest BCUT2D eigenvalue weighted by molar-refractivity contribution is 5.30. The van der Waals surface area contributed by atoms with Gasteiger partial charge in [0.1, 0.15) is 6.10 Å². The number of rotatable bonds is 3. The van der Waals surface area contributed by atoms with Crippen LogP contribution in [0, 0.1) is 13.8 Å². The Kier molecular flexibility index (Phi) is 3.94. The molecule has 0 amide bonds. The highest BCUT2D eigenvalue weighted by Crippen LogP contribution is 2.19. The van der Waals surface area contributed by atoms with Crippen molar-refractivity contribution in [3.8, 4) is 5.88 Å². The van der Waals surface area contributed by atoms with E-state index in [4.69, 9.17) is 4.74 Å². The fourth-order valence-electron chi connectivity index (χ4n) is 2.39. The van der Waals surface area contributed by atoms with Gasteiger partial charge in [-0.05, 0) is 19.4 Å². The fourth-order valence-corrected chi connectivity index (χ4v) is 2.39. The summed E-state index contributed by atoms with van der Waals surface area (Å²) >= 11 is 0. The lowest BCUT2D eigenvalue weighted by molar-refractivity contribution is 0.162. The summed E-state index contributed by atoms with van der Waals surface area (Å²) in [5.41, 5.74) is 1.95. The smallest absolute Gasteiger partial charge is 0.232 e. The maximum atomic E-state index is 5.90. The molecule has 1 saturated heterocycles. The predicted molar refractivity (Wildman–Crippen MR) is 79.4 cm³/mol. The molecular weight excluding hydrogens is 266 g/mol. The quantitative estimate of drug-likeness (QED) is 0.858. The summed E-state index contributed by atoms with van der Waals surface area (Å²) in [6, 6.07) is 0. The first-order valence-corrected chi connectivity index (χ1v) is 7.19. The van der Waals surface area contributed by atoms with Gasteiger partial charge in [0.05, 0.1) is 11.9 Å². The summed E-state index contributed by atoms with van der Waals surface area (Å²) < 4.78 is 5.90. The van der Waals surface area contributed by atoms with Crippen molar-refractivity contribution in [2.24, 2.45) is 0 Å². The molecule has 0 unspecified atom stereocenters. The maximum absolute atomic E-state index is 5.90. The van der Waals surface area contributed by atoms with Crippen LogP contribution in [0.15, 0.2) is 24.8 Å². The van der Waals surface area contributed by atoms with Crippen LogP contribution in [0.5, 0.6) is 5.88 Å². The summed E-state index contributed by atoms with van der Waals surface area (Å²) in [5.74, 6) is 1.41. The van der Waals surface area contributed by atoms with Crippen LogP contribution < -0.4 is 9.64 Å². The molecule has 0 atom stereocenters. The predicted octanol–water partition coefficient (Wildman–Crippen LogP) is 1.93. The standard InChI is InChI=1S/C15H19N5O/c1-11-7-17-15(18-8-11)20-5-3-13(4-6-20)21-14-10-16-9-12(2)19-14/h7-10,13H,3-6H2,1-2H3. The van der Waals surface area contributed by atoms with E-state index >= 15 is 0 Å². The van der Waals surface area contributed by atoms with E-state index in [-0.39, 0.29) is 6.10 Å². The lowest BCUT2D eigenvalue weighted by atomic mass is 10.1. The molecule has 0 spiro atoms. The molecule has 0 saturated carbocycles. The third kappa shape index (κ3) is 3.45. The van der Waals surface area contributed by atoms with E-state index in [1.807, 2.05) is 26.2 Å². The van der Waals surface area contributed by atoms with Crippen molar-refractivity contribution in [3.05, 3.63) is 36.0 Å². The van der Waals surface area contributed by atoms with Crippen molar-refractivity contribution in [1.82, 2.24) is 19.9 Å². The van der Waals surface area contributed by atoms with E-state index in [1.54, 1.807) is 12.4 Å². The summed E-state index contributed by atoms with van der Waals surface area (Å²) in [4.78, 5) is 19.4. The first kappa shape index (κ1) is 13.7. The van der Waals surface area contributed by atoms with Gasteiger partial charge in [0, 0.05) is 44.5 Å². The van der Waals surface area contributed by atoms with E-state index in [9.17, 15) is 0 Å². The number of aromatic nitrogens is 4. The topological polar surface area (TPSA) is 64.0 Å². The molecule has 3 rings (SSSR count). The van der Waals surface area contributed by atoms with Gasteiger partial charge in [-0.15, -0.1) is 0 Å². The van der Waals surface area contributed by atoms with Crippen LogP contribution >= 0.6 is 0 Å². The SMILES string of the molecule is Cc1cnc(N2CCC(Oc3cncc(C)n3)CC2)nc1. The normalized spacial score (nSPS) is 16.0. The number of ether oxygens (including phenoxy) is 1. The monoisotopic (exact) mass is 285 g/mol. The lowest BCUT2D eigenvalue weighted by Gasteiger charge is -2.31. The van der Waals surface area contributed by atoms with E-state index in [0.29, 0.717) is 5.88 Å². The van der Waals surface area contributed by atoms with Crippen LogP contribution in [0.2, 0.25) is 0 Å². The molecule has 0 radical (unpaired) electrons. The van der Waals surface area contributed by atoms with Crippen LogP contribution in [0.4, 0.5) is 5.95 Å². The van der Waals surface area contributed by atoms with Crippen molar-refractivity contribution in [2.45, 2.75) is 32.8 Å². The summed E-state index contributed by atoms with van der Waals surface area (Å²) in [6.07, 6.45) is 9.16. The zero-order valence-corrected chi connectivity index (χ0v) is 12.4. The summed E-state index contributed by atoms with van der Waals surface area (Å²) in [6.45, 7) is 5.70. The first-order valence-electron chi connectivity index (χ1n) is 7.19. The van der Waals surface area contributed by atoms with Crippen molar-refractivity contribution < 1.29 is 4.74 Å². The Morgan fingerprint density at radius 1 is 1.05 bits per heavy atom. The van der Waals surface area contributed by atoms with Crippen molar-refractivity contribution in [1.29, 1.82) is 0 Å². The second kappa shape index (κ2) is 6.03. The largest absolute Gasteiger partial charge is 0.473 e. The van der Waals surface area contributed by atoms with Gasteiger partial charge < -0.3 is 9.64 Å².